The maximum absolute atomic E-state index is 13.1. The number of ether oxygens (including phenoxy) is 1. The predicted molar refractivity (Wildman–Crippen MR) is 90.8 cm³/mol. The van der Waals surface area contributed by atoms with Crippen LogP contribution in [0.4, 0.5) is 13.2 Å². The second-order valence-corrected chi connectivity index (χ2v) is 7.45. The van der Waals surface area contributed by atoms with Crippen molar-refractivity contribution in [3.8, 4) is 0 Å². The topological polar surface area (TPSA) is 51.4 Å². The van der Waals surface area contributed by atoms with Gasteiger partial charge in [0.25, 0.3) is 0 Å². The van der Waals surface area contributed by atoms with E-state index in [0.29, 0.717) is 37.0 Å². The first-order chi connectivity index (χ1) is 12.9. The van der Waals surface area contributed by atoms with Gasteiger partial charge >= 0.3 is 6.18 Å². The predicted octanol–water partition coefficient (Wildman–Crippen LogP) is 4.28. The van der Waals surface area contributed by atoms with E-state index in [4.69, 9.17) is 9.15 Å². The molecule has 1 saturated carbocycles. The molecule has 1 aromatic carbocycles. The van der Waals surface area contributed by atoms with E-state index in [9.17, 15) is 13.2 Å². The SMILES string of the molecule is Cc1nnc(CN2CC(c3cccc(C(F)(F)F)c3)OCC23CCCC3)o1. The molecule has 2 aromatic rings. The highest BCUT2D eigenvalue weighted by atomic mass is 19.4. The van der Waals surface area contributed by atoms with Crippen molar-refractivity contribution < 1.29 is 22.3 Å². The van der Waals surface area contributed by atoms with E-state index in [1.807, 2.05) is 0 Å². The van der Waals surface area contributed by atoms with Crippen LogP contribution < -0.4 is 0 Å². The van der Waals surface area contributed by atoms with Crippen LogP contribution in [-0.4, -0.2) is 33.8 Å². The van der Waals surface area contributed by atoms with Crippen molar-refractivity contribution in [2.45, 2.75) is 57.0 Å². The number of aryl methyl sites for hydroxylation is 1. The minimum Gasteiger partial charge on any atom is -0.424 e. The number of alkyl halides is 3. The zero-order valence-electron chi connectivity index (χ0n) is 15.1. The van der Waals surface area contributed by atoms with Crippen LogP contribution in [0.3, 0.4) is 0 Å². The van der Waals surface area contributed by atoms with Gasteiger partial charge in [-0.05, 0) is 30.5 Å². The number of aromatic nitrogens is 2. The maximum Gasteiger partial charge on any atom is 0.416 e. The third kappa shape index (κ3) is 3.73. The molecule has 8 heteroatoms. The normalized spacial score (nSPS) is 23.2. The number of morpholine rings is 1. The van der Waals surface area contributed by atoms with Crippen LogP contribution in [0, 0.1) is 6.92 Å². The molecule has 0 amide bonds. The summed E-state index contributed by atoms with van der Waals surface area (Å²) in [5, 5.41) is 7.97. The Labute approximate surface area is 155 Å². The number of nitrogens with zero attached hydrogens (tertiary/aromatic N) is 3. The molecule has 0 bridgehead atoms. The average molecular weight is 381 g/mol. The molecule has 0 N–H and O–H groups in total. The lowest BCUT2D eigenvalue weighted by Gasteiger charge is -2.47. The van der Waals surface area contributed by atoms with Crippen LogP contribution in [0.15, 0.2) is 28.7 Å². The van der Waals surface area contributed by atoms with Gasteiger partial charge in [0, 0.05) is 19.0 Å². The number of benzene rings is 1. The van der Waals surface area contributed by atoms with Gasteiger partial charge < -0.3 is 9.15 Å². The first-order valence-corrected chi connectivity index (χ1v) is 9.19. The molecule has 1 unspecified atom stereocenters. The summed E-state index contributed by atoms with van der Waals surface area (Å²) in [6, 6.07) is 5.41. The Morgan fingerprint density at radius 1 is 1.22 bits per heavy atom. The average Bonchev–Trinajstić information content (AvgIpc) is 3.26. The Hall–Kier alpha value is -1.93. The highest BCUT2D eigenvalue weighted by Crippen LogP contribution is 2.42. The van der Waals surface area contributed by atoms with Crippen molar-refractivity contribution in [2.24, 2.45) is 0 Å². The molecule has 2 heterocycles. The first-order valence-electron chi connectivity index (χ1n) is 9.19. The van der Waals surface area contributed by atoms with Gasteiger partial charge in [0.2, 0.25) is 11.8 Å². The van der Waals surface area contributed by atoms with Gasteiger partial charge in [0.1, 0.15) is 0 Å². The van der Waals surface area contributed by atoms with Gasteiger partial charge in [-0.1, -0.05) is 25.0 Å². The Kier molecular flexibility index (Phi) is 4.71. The van der Waals surface area contributed by atoms with E-state index in [1.54, 1.807) is 13.0 Å². The second-order valence-electron chi connectivity index (χ2n) is 7.45. The van der Waals surface area contributed by atoms with Crippen LogP contribution >= 0.6 is 0 Å². The third-order valence-corrected chi connectivity index (χ3v) is 5.62. The summed E-state index contributed by atoms with van der Waals surface area (Å²) in [5.74, 6) is 1.04. The van der Waals surface area contributed by atoms with Crippen LogP contribution in [-0.2, 0) is 17.5 Å². The van der Waals surface area contributed by atoms with Gasteiger partial charge in [-0.3, -0.25) is 4.90 Å². The lowest BCUT2D eigenvalue weighted by molar-refractivity contribution is -0.138. The van der Waals surface area contributed by atoms with E-state index < -0.39 is 17.8 Å². The third-order valence-electron chi connectivity index (χ3n) is 5.62. The molecule has 27 heavy (non-hydrogen) atoms. The number of halogens is 3. The van der Waals surface area contributed by atoms with E-state index in [0.717, 1.165) is 31.7 Å². The second kappa shape index (κ2) is 6.91. The fourth-order valence-electron chi connectivity index (χ4n) is 4.20. The number of hydrogen-bond acceptors (Lipinski definition) is 5. The summed E-state index contributed by atoms with van der Waals surface area (Å²) >= 11 is 0. The zero-order chi connectivity index (χ0) is 19.1. The molecule has 4 rings (SSSR count). The molecule has 2 aliphatic rings. The van der Waals surface area contributed by atoms with Crippen LogP contribution in [0.25, 0.3) is 0 Å². The molecule has 1 atom stereocenters. The van der Waals surface area contributed by atoms with E-state index in [1.165, 1.54) is 12.1 Å². The molecule has 1 aromatic heterocycles. The zero-order valence-corrected chi connectivity index (χ0v) is 15.1. The first kappa shape index (κ1) is 18.4. The lowest BCUT2D eigenvalue weighted by atomic mass is 9.92. The largest absolute Gasteiger partial charge is 0.424 e. The van der Waals surface area contributed by atoms with E-state index in [2.05, 4.69) is 15.1 Å². The summed E-state index contributed by atoms with van der Waals surface area (Å²) in [7, 11) is 0. The monoisotopic (exact) mass is 381 g/mol. The van der Waals surface area contributed by atoms with Crippen molar-refractivity contribution >= 4 is 0 Å². The molecule has 146 valence electrons. The molecular weight excluding hydrogens is 359 g/mol. The highest BCUT2D eigenvalue weighted by molar-refractivity contribution is 5.28. The van der Waals surface area contributed by atoms with Crippen molar-refractivity contribution in [1.82, 2.24) is 15.1 Å². The summed E-state index contributed by atoms with van der Waals surface area (Å²) in [5.41, 5.74) is -0.200. The van der Waals surface area contributed by atoms with Gasteiger partial charge in [-0.25, -0.2) is 0 Å². The van der Waals surface area contributed by atoms with Crippen molar-refractivity contribution in [3.05, 3.63) is 47.2 Å². The molecular formula is C19H22F3N3O2. The van der Waals surface area contributed by atoms with E-state index in [-0.39, 0.29) is 5.54 Å². The Morgan fingerprint density at radius 3 is 2.67 bits per heavy atom. The molecule has 1 aliphatic heterocycles. The molecule has 0 radical (unpaired) electrons. The molecule has 5 nitrogen and oxygen atoms in total. The number of hydrogen-bond donors (Lipinski definition) is 0. The van der Waals surface area contributed by atoms with Gasteiger partial charge in [-0.15, -0.1) is 10.2 Å². The minimum atomic E-state index is -4.36. The Balaban J connectivity index is 1.58. The fourth-order valence-corrected chi connectivity index (χ4v) is 4.20. The van der Waals surface area contributed by atoms with Crippen LogP contribution in [0.1, 0.15) is 54.7 Å². The highest BCUT2D eigenvalue weighted by Gasteiger charge is 2.45. The molecule has 1 aliphatic carbocycles. The van der Waals surface area contributed by atoms with Crippen molar-refractivity contribution in [3.63, 3.8) is 0 Å². The van der Waals surface area contributed by atoms with Gasteiger partial charge in [-0.2, -0.15) is 13.2 Å². The summed E-state index contributed by atoms with van der Waals surface area (Å²) in [4.78, 5) is 2.27. The maximum atomic E-state index is 13.1. The lowest BCUT2D eigenvalue weighted by Crippen LogP contribution is -2.55. The molecule has 2 fully saturated rings. The van der Waals surface area contributed by atoms with E-state index >= 15 is 0 Å². The Morgan fingerprint density at radius 2 is 2.00 bits per heavy atom. The molecule has 1 saturated heterocycles. The Bertz CT molecular complexity index is 799. The molecule has 1 spiro atoms. The standard InChI is InChI=1S/C19H22F3N3O2/c1-13-23-24-17(27-13)11-25-10-16(26-12-18(25)7-2-3-8-18)14-5-4-6-15(9-14)19(20,21)22/h4-6,9,16H,2-3,7-8,10-12H2,1H3. The smallest absolute Gasteiger partial charge is 0.416 e. The quantitative estimate of drug-likeness (QED) is 0.794. The summed E-state index contributed by atoms with van der Waals surface area (Å²) < 4.78 is 50.8. The summed E-state index contributed by atoms with van der Waals surface area (Å²) in [6.45, 7) is 3.23. The van der Waals surface area contributed by atoms with Crippen LogP contribution in [0.2, 0.25) is 0 Å². The van der Waals surface area contributed by atoms with Gasteiger partial charge in [0.15, 0.2) is 0 Å². The fraction of sp³-hybridized carbons (Fsp3) is 0.579. The minimum absolute atomic E-state index is 0.0967. The van der Waals surface area contributed by atoms with Crippen LogP contribution in [0.5, 0.6) is 0 Å². The van der Waals surface area contributed by atoms with Crippen molar-refractivity contribution in [1.29, 1.82) is 0 Å². The number of rotatable bonds is 3. The van der Waals surface area contributed by atoms with Gasteiger partial charge in [0.05, 0.1) is 24.8 Å². The van der Waals surface area contributed by atoms with Crippen molar-refractivity contribution in [2.75, 3.05) is 13.2 Å². The summed E-state index contributed by atoms with van der Waals surface area (Å²) in [6.07, 6.45) is -0.514.